The van der Waals surface area contributed by atoms with E-state index < -0.39 is 17.6 Å². The van der Waals surface area contributed by atoms with Crippen LogP contribution in [0.4, 0.5) is 10.1 Å². The fourth-order valence-corrected chi connectivity index (χ4v) is 1.89. The van der Waals surface area contributed by atoms with Crippen LogP contribution in [0.2, 0.25) is 0 Å². The van der Waals surface area contributed by atoms with E-state index in [1.165, 1.54) is 30.5 Å². The number of hydrogen-bond donors (Lipinski definition) is 0. The number of amides is 2. The molecule has 0 bridgehead atoms. The zero-order valence-corrected chi connectivity index (χ0v) is 9.13. The van der Waals surface area contributed by atoms with Crippen LogP contribution in [-0.4, -0.2) is 16.8 Å². The smallest absolute Gasteiger partial charge is 0.268 e. The van der Waals surface area contributed by atoms with Crippen molar-refractivity contribution in [1.29, 1.82) is 0 Å². The average Bonchev–Trinajstić information content (AvgIpc) is 2.64. The Morgan fingerprint density at radius 3 is 2.39 bits per heavy atom. The molecule has 5 heteroatoms. The monoisotopic (exact) mass is 242 g/mol. The molecule has 2 aromatic rings. The summed E-state index contributed by atoms with van der Waals surface area (Å²) in [6.07, 6.45) is 1.46. The summed E-state index contributed by atoms with van der Waals surface area (Å²) in [7, 11) is 0. The zero-order valence-electron chi connectivity index (χ0n) is 9.13. The molecule has 18 heavy (non-hydrogen) atoms. The minimum Gasteiger partial charge on any atom is -0.268 e. The molecule has 88 valence electrons. The van der Waals surface area contributed by atoms with Crippen molar-refractivity contribution in [2.75, 3.05) is 4.90 Å². The maximum Gasteiger partial charge on any atom is 0.284 e. The molecule has 0 atom stereocenters. The molecule has 1 aromatic carbocycles. The number of hydrogen-bond acceptors (Lipinski definition) is 3. The second kappa shape index (κ2) is 3.73. The Morgan fingerprint density at radius 1 is 1.00 bits per heavy atom. The van der Waals surface area contributed by atoms with E-state index in [2.05, 4.69) is 4.98 Å². The van der Waals surface area contributed by atoms with Crippen molar-refractivity contribution in [3.05, 3.63) is 59.7 Å². The number of imide groups is 1. The molecule has 0 unspecified atom stereocenters. The highest BCUT2D eigenvalue weighted by molar-refractivity contribution is 6.33. The molecule has 0 fully saturated rings. The summed E-state index contributed by atoms with van der Waals surface area (Å²) in [5, 5.41) is 0. The van der Waals surface area contributed by atoms with E-state index in [4.69, 9.17) is 0 Å². The molecule has 0 radical (unpaired) electrons. The minimum atomic E-state index is -0.484. The van der Waals surface area contributed by atoms with E-state index in [1.54, 1.807) is 12.1 Å². The summed E-state index contributed by atoms with van der Waals surface area (Å²) in [5.41, 5.74) is 0.739. The van der Waals surface area contributed by atoms with Crippen LogP contribution >= 0.6 is 0 Å². The number of halogens is 1. The van der Waals surface area contributed by atoms with Crippen LogP contribution in [-0.2, 0) is 0 Å². The lowest BCUT2D eigenvalue weighted by molar-refractivity contribution is 0.0924. The second-order valence-corrected chi connectivity index (χ2v) is 3.82. The van der Waals surface area contributed by atoms with Crippen LogP contribution in [0.15, 0.2) is 42.6 Å². The van der Waals surface area contributed by atoms with Crippen LogP contribution in [0.5, 0.6) is 0 Å². The molecule has 4 nitrogen and oxygen atoms in total. The highest BCUT2D eigenvalue weighted by Crippen LogP contribution is 2.26. The number of anilines is 1. The summed E-state index contributed by atoms with van der Waals surface area (Å²) >= 11 is 0. The Balaban J connectivity index is 2.09. The van der Waals surface area contributed by atoms with Gasteiger partial charge in [0.2, 0.25) is 0 Å². The molecule has 0 saturated carbocycles. The van der Waals surface area contributed by atoms with E-state index in [0.29, 0.717) is 5.69 Å². The van der Waals surface area contributed by atoms with Gasteiger partial charge < -0.3 is 0 Å². The number of carbonyl (C=O) groups is 2. The molecule has 1 aliphatic heterocycles. The maximum atomic E-state index is 12.8. The predicted molar refractivity (Wildman–Crippen MR) is 61.8 cm³/mol. The number of benzene rings is 1. The van der Waals surface area contributed by atoms with Gasteiger partial charge in [0.25, 0.3) is 11.8 Å². The van der Waals surface area contributed by atoms with Crippen LogP contribution < -0.4 is 4.90 Å². The van der Waals surface area contributed by atoms with Gasteiger partial charge in [0, 0.05) is 6.20 Å². The van der Waals surface area contributed by atoms with Gasteiger partial charge in [0.1, 0.15) is 11.5 Å². The standard InChI is InChI=1S/C13H7FN2O2/c14-8-3-5-9(6-4-8)16-12(17)10-2-1-7-15-11(10)13(16)18/h1-7H. The summed E-state index contributed by atoms with van der Waals surface area (Å²) in [6, 6.07) is 8.32. The third-order valence-corrected chi connectivity index (χ3v) is 2.73. The van der Waals surface area contributed by atoms with Crippen LogP contribution in [0, 0.1) is 5.82 Å². The van der Waals surface area contributed by atoms with Gasteiger partial charge in [-0.3, -0.25) is 14.6 Å². The molecule has 0 saturated heterocycles. The van der Waals surface area contributed by atoms with E-state index >= 15 is 0 Å². The van der Waals surface area contributed by atoms with Crippen molar-refractivity contribution < 1.29 is 14.0 Å². The molecule has 1 aliphatic rings. The van der Waals surface area contributed by atoms with Crippen molar-refractivity contribution >= 4 is 17.5 Å². The van der Waals surface area contributed by atoms with Gasteiger partial charge in [-0.25, -0.2) is 9.29 Å². The molecule has 0 aliphatic carbocycles. The summed E-state index contributed by atoms with van der Waals surface area (Å²) in [5.74, 6) is -1.34. The molecule has 0 spiro atoms. The first-order valence-corrected chi connectivity index (χ1v) is 5.28. The van der Waals surface area contributed by atoms with Crippen LogP contribution in [0.3, 0.4) is 0 Å². The number of fused-ring (bicyclic) bond motifs is 1. The number of rotatable bonds is 1. The lowest BCUT2D eigenvalue weighted by atomic mass is 10.2. The first-order chi connectivity index (χ1) is 8.68. The van der Waals surface area contributed by atoms with Crippen molar-refractivity contribution in [3.8, 4) is 0 Å². The summed E-state index contributed by atoms with van der Waals surface area (Å²) in [6.45, 7) is 0. The SMILES string of the molecule is O=C1c2cccnc2C(=O)N1c1ccc(F)cc1. The van der Waals surface area contributed by atoms with Crippen LogP contribution in [0.25, 0.3) is 0 Å². The molecular weight excluding hydrogens is 235 g/mol. The van der Waals surface area contributed by atoms with Crippen molar-refractivity contribution in [2.24, 2.45) is 0 Å². The van der Waals surface area contributed by atoms with Crippen molar-refractivity contribution in [2.45, 2.75) is 0 Å². The minimum absolute atomic E-state index is 0.131. The summed E-state index contributed by atoms with van der Waals surface area (Å²) < 4.78 is 12.8. The van der Waals surface area contributed by atoms with Gasteiger partial charge in [-0.2, -0.15) is 0 Å². The fourth-order valence-electron chi connectivity index (χ4n) is 1.89. The Kier molecular flexibility index (Phi) is 2.19. The number of aromatic nitrogens is 1. The van der Waals surface area contributed by atoms with Crippen LogP contribution in [0.1, 0.15) is 20.8 Å². The van der Waals surface area contributed by atoms with Gasteiger partial charge in [0.15, 0.2) is 0 Å². The fraction of sp³-hybridized carbons (Fsp3) is 0. The number of nitrogens with zero attached hydrogens (tertiary/aromatic N) is 2. The highest BCUT2D eigenvalue weighted by atomic mass is 19.1. The third kappa shape index (κ3) is 1.41. The third-order valence-electron chi connectivity index (χ3n) is 2.73. The molecule has 0 N–H and O–H groups in total. The van der Waals surface area contributed by atoms with Crippen molar-refractivity contribution in [3.63, 3.8) is 0 Å². The Labute approximate surface area is 102 Å². The number of pyridine rings is 1. The molecule has 2 amide bonds. The van der Waals surface area contributed by atoms with Gasteiger partial charge >= 0.3 is 0 Å². The Bertz CT molecular complexity index is 617. The average molecular weight is 242 g/mol. The first kappa shape index (κ1) is 10.6. The maximum absolute atomic E-state index is 12.8. The van der Waals surface area contributed by atoms with E-state index in [0.717, 1.165) is 4.90 Å². The van der Waals surface area contributed by atoms with Gasteiger partial charge in [-0.05, 0) is 36.4 Å². The Hall–Kier alpha value is -2.56. The number of carbonyl (C=O) groups excluding carboxylic acids is 2. The predicted octanol–water partition coefficient (Wildman–Crippen LogP) is 2.02. The van der Waals surface area contributed by atoms with Gasteiger partial charge in [-0.15, -0.1) is 0 Å². The first-order valence-electron chi connectivity index (χ1n) is 5.28. The highest BCUT2D eigenvalue weighted by Gasteiger charge is 2.37. The van der Waals surface area contributed by atoms with E-state index in [-0.39, 0.29) is 11.3 Å². The van der Waals surface area contributed by atoms with E-state index in [1.807, 2.05) is 0 Å². The molecule has 3 rings (SSSR count). The topological polar surface area (TPSA) is 50.3 Å². The van der Waals surface area contributed by atoms with E-state index in [9.17, 15) is 14.0 Å². The van der Waals surface area contributed by atoms with Gasteiger partial charge in [0.05, 0.1) is 11.3 Å². The second-order valence-electron chi connectivity index (χ2n) is 3.82. The molecular formula is C13H7FN2O2. The molecule has 2 heterocycles. The normalized spacial score (nSPS) is 13.9. The quantitative estimate of drug-likeness (QED) is 0.719. The zero-order chi connectivity index (χ0) is 12.7. The lowest BCUT2D eigenvalue weighted by Crippen LogP contribution is -2.29. The van der Waals surface area contributed by atoms with Crippen molar-refractivity contribution in [1.82, 2.24) is 4.98 Å². The van der Waals surface area contributed by atoms with Gasteiger partial charge in [-0.1, -0.05) is 0 Å². The Morgan fingerprint density at radius 2 is 1.72 bits per heavy atom. The molecule has 1 aromatic heterocycles. The summed E-state index contributed by atoms with van der Waals surface area (Å²) in [4.78, 5) is 29.0. The largest absolute Gasteiger partial charge is 0.284 e. The lowest BCUT2D eigenvalue weighted by Gasteiger charge is -2.12.